The molecule has 2 heterocycles. The number of amides is 1. The zero-order valence-corrected chi connectivity index (χ0v) is 24.8. The van der Waals surface area contributed by atoms with E-state index in [1.54, 1.807) is 51.3 Å². The average Bonchev–Trinajstić information content (AvgIpc) is 3.40. The number of pyridine rings is 1. The summed E-state index contributed by atoms with van der Waals surface area (Å²) >= 11 is 1.01. The summed E-state index contributed by atoms with van der Waals surface area (Å²) in [7, 11) is 0. The van der Waals surface area contributed by atoms with Crippen LogP contribution in [0.3, 0.4) is 0 Å². The number of ether oxygens (including phenoxy) is 2. The van der Waals surface area contributed by atoms with Gasteiger partial charge >= 0.3 is 12.3 Å². The van der Waals surface area contributed by atoms with Crippen LogP contribution in [0.4, 0.5) is 32.4 Å². The lowest BCUT2D eigenvalue weighted by Gasteiger charge is -2.20. The first-order valence-corrected chi connectivity index (χ1v) is 14.0. The van der Waals surface area contributed by atoms with Gasteiger partial charge in [-0.3, -0.25) is 10.1 Å². The molecular weight excluding hydrogens is 605 g/mol. The van der Waals surface area contributed by atoms with E-state index in [-0.39, 0.29) is 21.8 Å². The molecule has 2 aromatic heterocycles. The molecule has 0 fully saturated rings. The molecule has 0 saturated carbocycles. The number of thiophene rings is 1. The normalized spacial score (nSPS) is 11.6. The number of anilines is 1. The fraction of sp³-hybridized carbons (Fsp3) is 0.258. The van der Waals surface area contributed by atoms with Gasteiger partial charge in [-0.25, -0.2) is 13.6 Å². The van der Waals surface area contributed by atoms with E-state index in [1.807, 2.05) is 0 Å². The van der Waals surface area contributed by atoms with Gasteiger partial charge in [0, 0.05) is 11.6 Å². The van der Waals surface area contributed by atoms with E-state index in [0.29, 0.717) is 35.6 Å². The van der Waals surface area contributed by atoms with Gasteiger partial charge in [-0.1, -0.05) is 12.1 Å². The Labute approximate surface area is 253 Å². The Hall–Kier alpha value is -4.70. The van der Waals surface area contributed by atoms with Crippen LogP contribution in [0.25, 0.3) is 21.7 Å². The lowest BCUT2D eigenvalue weighted by molar-refractivity contribution is -0.137. The monoisotopic (exact) mass is 631 g/mol. The van der Waals surface area contributed by atoms with Crippen molar-refractivity contribution in [1.82, 2.24) is 4.57 Å². The van der Waals surface area contributed by atoms with E-state index < -0.39 is 52.7 Å². The molecule has 0 aliphatic heterocycles. The largest absolute Gasteiger partial charge is 0.492 e. The van der Waals surface area contributed by atoms with Crippen molar-refractivity contribution in [2.24, 2.45) is 0 Å². The van der Waals surface area contributed by atoms with Gasteiger partial charge in [-0.05, 0) is 74.5 Å². The summed E-state index contributed by atoms with van der Waals surface area (Å²) in [5, 5.41) is 13.7. The van der Waals surface area contributed by atoms with E-state index in [0.717, 1.165) is 28.0 Å². The molecule has 0 aliphatic rings. The number of hydrogen-bond donors (Lipinski definition) is 1. The first-order chi connectivity index (χ1) is 20.6. The van der Waals surface area contributed by atoms with E-state index in [9.17, 15) is 36.8 Å². The standard InChI is InChI=1S/C31H26F5N3O4S/c1-5-42-26-9-7-17(10-24(26)38-29(41)43-30(2,3)4)19-11-27(44-16-19)25-13-22(31(34,35)36)21(14-37)28(40)39(25)15-18-6-8-20(32)12-23(18)33/h6-13,16H,5,15H2,1-4H3,(H,38,41). The average molecular weight is 632 g/mol. The zero-order chi connectivity index (χ0) is 32.4. The second kappa shape index (κ2) is 12.5. The molecule has 230 valence electrons. The molecule has 0 unspecified atom stereocenters. The van der Waals surface area contributed by atoms with Gasteiger partial charge in [0.15, 0.2) is 0 Å². The summed E-state index contributed by atoms with van der Waals surface area (Å²) < 4.78 is 81.7. The molecule has 0 spiro atoms. The SMILES string of the molecule is CCOc1ccc(-c2csc(-c3cc(C(F)(F)F)c(C#N)c(=O)n3Cc3ccc(F)cc3F)c2)cc1NC(=O)OC(C)(C)C. The van der Waals surface area contributed by atoms with E-state index in [2.05, 4.69) is 5.32 Å². The number of nitrogens with zero attached hydrogens (tertiary/aromatic N) is 2. The third kappa shape index (κ3) is 7.26. The number of rotatable bonds is 7. The van der Waals surface area contributed by atoms with Crippen LogP contribution in [-0.4, -0.2) is 22.9 Å². The molecule has 0 bridgehead atoms. The Balaban J connectivity index is 1.83. The fourth-order valence-corrected chi connectivity index (χ4v) is 5.23. The molecular formula is C31H26F5N3O4S. The van der Waals surface area contributed by atoms with Crippen LogP contribution in [0.15, 0.2) is 58.7 Å². The fourth-order valence-electron chi connectivity index (χ4n) is 4.28. The second-order valence-corrected chi connectivity index (χ2v) is 11.4. The Bertz CT molecular complexity index is 1820. The highest BCUT2D eigenvalue weighted by molar-refractivity contribution is 7.14. The Morgan fingerprint density at radius 2 is 1.77 bits per heavy atom. The van der Waals surface area contributed by atoms with Gasteiger partial charge in [0.2, 0.25) is 0 Å². The molecule has 4 aromatic rings. The summed E-state index contributed by atoms with van der Waals surface area (Å²) in [4.78, 5) is 25.9. The summed E-state index contributed by atoms with van der Waals surface area (Å²) in [6.07, 6.45) is -5.76. The molecule has 1 N–H and O–H groups in total. The molecule has 4 rings (SSSR count). The highest BCUT2D eigenvalue weighted by Gasteiger charge is 2.37. The van der Waals surface area contributed by atoms with Crippen molar-refractivity contribution in [2.75, 3.05) is 11.9 Å². The van der Waals surface area contributed by atoms with E-state index in [1.165, 1.54) is 12.1 Å². The molecule has 0 saturated heterocycles. The smallest absolute Gasteiger partial charge is 0.417 e. The van der Waals surface area contributed by atoms with Crippen LogP contribution < -0.4 is 15.6 Å². The Morgan fingerprint density at radius 1 is 1.05 bits per heavy atom. The summed E-state index contributed by atoms with van der Waals surface area (Å²) in [5.41, 5.74) is -3.66. The maximum atomic E-state index is 14.5. The maximum Gasteiger partial charge on any atom is 0.417 e. The number of carbonyl (C=O) groups excluding carboxylic acids is 1. The van der Waals surface area contributed by atoms with Gasteiger partial charge in [0.1, 0.15) is 34.6 Å². The number of nitrogens with one attached hydrogen (secondary N) is 1. The van der Waals surface area contributed by atoms with Crippen molar-refractivity contribution < 1.29 is 36.2 Å². The lowest BCUT2D eigenvalue weighted by Crippen LogP contribution is -2.28. The van der Waals surface area contributed by atoms with Crippen molar-refractivity contribution in [2.45, 2.75) is 46.0 Å². The highest BCUT2D eigenvalue weighted by atomic mass is 32.1. The predicted molar refractivity (Wildman–Crippen MR) is 156 cm³/mol. The molecule has 44 heavy (non-hydrogen) atoms. The van der Waals surface area contributed by atoms with E-state index >= 15 is 0 Å². The molecule has 0 aliphatic carbocycles. The number of benzene rings is 2. The molecule has 13 heteroatoms. The number of aromatic nitrogens is 1. The third-order valence-corrected chi connectivity index (χ3v) is 7.11. The third-order valence-electron chi connectivity index (χ3n) is 6.16. The van der Waals surface area contributed by atoms with Crippen molar-refractivity contribution in [3.63, 3.8) is 0 Å². The van der Waals surface area contributed by atoms with Crippen LogP contribution in [-0.2, 0) is 17.5 Å². The number of nitriles is 1. The molecule has 1 amide bonds. The summed E-state index contributed by atoms with van der Waals surface area (Å²) in [6, 6.07) is 11.0. The predicted octanol–water partition coefficient (Wildman–Crippen LogP) is 8.21. The van der Waals surface area contributed by atoms with Crippen molar-refractivity contribution >= 4 is 23.1 Å². The number of hydrogen-bond acceptors (Lipinski definition) is 6. The van der Waals surface area contributed by atoms with Crippen molar-refractivity contribution in [1.29, 1.82) is 5.26 Å². The number of alkyl halides is 3. The molecule has 2 aromatic carbocycles. The molecule has 0 atom stereocenters. The number of carbonyl (C=O) groups is 1. The van der Waals surface area contributed by atoms with Crippen LogP contribution in [0.5, 0.6) is 5.75 Å². The minimum absolute atomic E-state index is 0.167. The van der Waals surface area contributed by atoms with Gasteiger partial charge in [0.05, 0.1) is 35.0 Å². The zero-order valence-electron chi connectivity index (χ0n) is 23.9. The van der Waals surface area contributed by atoms with Crippen LogP contribution in [0, 0.1) is 23.0 Å². The number of halogens is 5. The maximum absolute atomic E-state index is 14.5. The summed E-state index contributed by atoms with van der Waals surface area (Å²) in [6.45, 7) is 6.62. The topological polar surface area (TPSA) is 93.4 Å². The van der Waals surface area contributed by atoms with Crippen molar-refractivity contribution in [3.8, 4) is 33.5 Å². The first kappa shape index (κ1) is 32.2. The van der Waals surface area contributed by atoms with Gasteiger partial charge in [-0.2, -0.15) is 18.4 Å². The minimum atomic E-state index is -5.03. The Morgan fingerprint density at radius 3 is 2.39 bits per heavy atom. The molecule has 7 nitrogen and oxygen atoms in total. The van der Waals surface area contributed by atoms with Gasteiger partial charge in [0.25, 0.3) is 5.56 Å². The quantitative estimate of drug-likeness (QED) is 0.208. The van der Waals surface area contributed by atoms with Gasteiger partial charge < -0.3 is 14.0 Å². The highest BCUT2D eigenvalue weighted by Crippen LogP contribution is 2.39. The van der Waals surface area contributed by atoms with Crippen LogP contribution in [0.2, 0.25) is 0 Å². The first-order valence-electron chi connectivity index (χ1n) is 13.2. The van der Waals surface area contributed by atoms with Gasteiger partial charge in [-0.15, -0.1) is 11.3 Å². The Kier molecular flexibility index (Phi) is 9.15. The van der Waals surface area contributed by atoms with Crippen LogP contribution >= 0.6 is 11.3 Å². The second-order valence-electron chi connectivity index (χ2n) is 10.5. The lowest BCUT2D eigenvalue weighted by atomic mass is 10.0. The van der Waals surface area contributed by atoms with E-state index in [4.69, 9.17) is 9.47 Å². The van der Waals surface area contributed by atoms with Crippen molar-refractivity contribution in [3.05, 3.63) is 92.6 Å². The molecule has 0 radical (unpaired) electrons. The summed E-state index contributed by atoms with van der Waals surface area (Å²) in [5.74, 6) is -1.52. The minimum Gasteiger partial charge on any atom is -0.492 e. The van der Waals surface area contributed by atoms with Crippen LogP contribution in [0.1, 0.15) is 44.4 Å².